The lowest BCUT2D eigenvalue weighted by molar-refractivity contribution is -0.137. The summed E-state index contributed by atoms with van der Waals surface area (Å²) >= 11 is 5.68. The van der Waals surface area contributed by atoms with Crippen molar-refractivity contribution in [2.75, 3.05) is 5.75 Å². The van der Waals surface area contributed by atoms with Crippen molar-refractivity contribution in [1.29, 1.82) is 0 Å². The Labute approximate surface area is 168 Å². The molecule has 0 aliphatic carbocycles. The van der Waals surface area contributed by atoms with Crippen molar-refractivity contribution in [3.63, 3.8) is 0 Å². The van der Waals surface area contributed by atoms with Gasteiger partial charge in [-0.2, -0.15) is 13.2 Å². The minimum atomic E-state index is -4.38. The summed E-state index contributed by atoms with van der Waals surface area (Å²) < 4.78 is 40.3. The molecule has 2 heterocycles. The number of alkyl halides is 3. The lowest BCUT2D eigenvalue weighted by Crippen LogP contribution is -2.03. The number of aromatic nitrogens is 3. The Bertz CT molecular complexity index is 984. The molecule has 1 aromatic carbocycles. The first kappa shape index (κ1) is 19.9. The molecule has 0 saturated carbocycles. The zero-order valence-electron chi connectivity index (χ0n) is 13.6. The molecule has 5 nitrogen and oxygen atoms in total. The standard InChI is InChI=1S/C16H11BrF3N3O2S2/c1-8-6-11(23-14(17)21-22-15(23)26-7-12(24)25)27-13(8)9-2-4-10(5-3-9)16(18,19)20/h2-6H,7H2,1H3,(H,24,25). The molecule has 3 rings (SSSR count). The highest BCUT2D eigenvalue weighted by atomic mass is 79.9. The molecule has 0 atom stereocenters. The van der Waals surface area contributed by atoms with Crippen LogP contribution in [0.1, 0.15) is 11.1 Å². The van der Waals surface area contributed by atoms with Gasteiger partial charge in [0, 0.05) is 4.88 Å². The monoisotopic (exact) mass is 477 g/mol. The van der Waals surface area contributed by atoms with Crippen LogP contribution in [0.4, 0.5) is 13.2 Å². The van der Waals surface area contributed by atoms with E-state index in [0.717, 1.165) is 39.3 Å². The van der Waals surface area contributed by atoms with Crippen molar-refractivity contribution >= 4 is 45.0 Å². The predicted molar refractivity (Wildman–Crippen MR) is 100 cm³/mol. The molecule has 0 unspecified atom stereocenters. The first-order valence-electron chi connectivity index (χ1n) is 7.41. The fourth-order valence-corrected chi connectivity index (χ4v) is 4.91. The van der Waals surface area contributed by atoms with Gasteiger partial charge in [0.15, 0.2) is 5.16 Å². The number of hydrogen-bond donors (Lipinski definition) is 1. The van der Waals surface area contributed by atoms with Crippen LogP contribution in [0.3, 0.4) is 0 Å². The first-order chi connectivity index (χ1) is 12.7. The van der Waals surface area contributed by atoms with Crippen molar-refractivity contribution in [3.05, 3.63) is 46.2 Å². The molecular weight excluding hydrogens is 467 g/mol. The SMILES string of the molecule is Cc1cc(-n2c(Br)nnc2SCC(=O)O)sc1-c1ccc(C(F)(F)F)cc1. The minimum absolute atomic E-state index is 0.165. The van der Waals surface area contributed by atoms with Gasteiger partial charge in [-0.15, -0.1) is 21.5 Å². The fraction of sp³-hybridized carbons (Fsp3) is 0.188. The van der Waals surface area contributed by atoms with E-state index < -0.39 is 17.7 Å². The van der Waals surface area contributed by atoms with Crippen LogP contribution in [-0.2, 0) is 11.0 Å². The molecule has 0 aliphatic heterocycles. The second-order valence-corrected chi connectivity index (χ2v) is 8.12. The molecular formula is C16H11BrF3N3O2S2. The molecule has 0 spiro atoms. The van der Waals surface area contributed by atoms with Crippen LogP contribution in [0, 0.1) is 6.92 Å². The molecule has 0 bridgehead atoms. The van der Waals surface area contributed by atoms with Crippen molar-refractivity contribution in [3.8, 4) is 15.4 Å². The van der Waals surface area contributed by atoms with E-state index in [4.69, 9.17) is 5.11 Å². The van der Waals surface area contributed by atoms with Crippen LogP contribution in [0.2, 0.25) is 0 Å². The number of rotatable bonds is 5. The van der Waals surface area contributed by atoms with Crippen LogP contribution in [-0.4, -0.2) is 31.6 Å². The van der Waals surface area contributed by atoms with Crippen molar-refractivity contribution in [1.82, 2.24) is 14.8 Å². The van der Waals surface area contributed by atoms with Gasteiger partial charge in [0.05, 0.1) is 11.3 Å². The van der Waals surface area contributed by atoms with Gasteiger partial charge >= 0.3 is 12.1 Å². The van der Waals surface area contributed by atoms with E-state index in [9.17, 15) is 18.0 Å². The molecule has 1 N–H and O–H groups in total. The van der Waals surface area contributed by atoms with Crippen LogP contribution in [0.25, 0.3) is 15.4 Å². The van der Waals surface area contributed by atoms with Gasteiger partial charge in [0.25, 0.3) is 0 Å². The Hall–Kier alpha value is -1.85. The molecule has 0 fully saturated rings. The maximum Gasteiger partial charge on any atom is 0.416 e. The van der Waals surface area contributed by atoms with Crippen molar-refractivity contribution in [2.45, 2.75) is 18.3 Å². The molecule has 0 saturated heterocycles. The van der Waals surface area contributed by atoms with Gasteiger partial charge in [-0.05, 0) is 52.2 Å². The van der Waals surface area contributed by atoms with Crippen LogP contribution in [0.15, 0.2) is 40.2 Å². The maximum absolute atomic E-state index is 12.7. The Morgan fingerprint density at radius 1 is 1.30 bits per heavy atom. The largest absolute Gasteiger partial charge is 0.481 e. The number of nitrogens with zero attached hydrogens (tertiary/aromatic N) is 3. The average molecular weight is 478 g/mol. The lowest BCUT2D eigenvalue weighted by Gasteiger charge is -2.07. The summed E-state index contributed by atoms with van der Waals surface area (Å²) in [6, 6.07) is 6.84. The van der Waals surface area contributed by atoms with Crippen LogP contribution >= 0.6 is 39.0 Å². The zero-order chi connectivity index (χ0) is 19.8. The number of halogens is 4. The molecule has 11 heteroatoms. The third-order valence-corrected chi connectivity index (χ3v) is 6.22. The predicted octanol–water partition coefficient (Wildman–Crippen LogP) is 5.26. The fourth-order valence-electron chi connectivity index (χ4n) is 2.33. The van der Waals surface area contributed by atoms with E-state index in [1.165, 1.54) is 23.5 Å². The first-order valence-corrected chi connectivity index (χ1v) is 10.0. The van der Waals surface area contributed by atoms with Gasteiger partial charge in [-0.1, -0.05) is 23.9 Å². The smallest absolute Gasteiger partial charge is 0.416 e. The van der Waals surface area contributed by atoms with E-state index >= 15 is 0 Å². The number of thiophene rings is 1. The Morgan fingerprint density at radius 3 is 2.56 bits per heavy atom. The number of thioether (sulfide) groups is 1. The second-order valence-electron chi connectivity index (χ2n) is 5.44. The zero-order valence-corrected chi connectivity index (χ0v) is 16.8. The highest BCUT2D eigenvalue weighted by molar-refractivity contribution is 9.10. The summed E-state index contributed by atoms with van der Waals surface area (Å²) in [7, 11) is 0. The molecule has 0 radical (unpaired) electrons. The molecule has 142 valence electrons. The Balaban J connectivity index is 1.96. The summed E-state index contributed by atoms with van der Waals surface area (Å²) in [6.07, 6.45) is -4.38. The van der Waals surface area contributed by atoms with Gasteiger partial charge in [0.2, 0.25) is 4.73 Å². The van der Waals surface area contributed by atoms with E-state index in [2.05, 4.69) is 26.1 Å². The van der Waals surface area contributed by atoms with E-state index in [1.54, 1.807) is 4.57 Å². The van der Waals surface area contributed by atoms with Crippen LogP contribution < -0.4 is 0 Å². The lowest BCUT2D eigenvalue weighted by atomic mass is 10.1. The molecule has 3 aromatic rings. The van der Waals surface area contributed by atoms with Gasteiger partial charge in [-0.3, -0.25) is 9.36 Å². The second kappa shape index (κ2) is 7.64. The number of carbonyl (C=O) groups is 1. The third kappa shape index (κ3) is 4.36. The average Bonchev–Trinajstić information content (AvgIpc) is 3.14. The van der Waals surface area contributed by atoms with E-state index in [0.29, 0.717) is 15.5 Å². The number of carboxylic acids is 1. The molecule has 0 aliphatic rings. The highest BCUT2D eigenvalue weighted by Gasteiger charge is 2.30. The molecule has 27 heavy (non-hydrogen) atoms. The van der Waals surface area contributed by atoms with E-state index in [-0.39, 0.29) is 5.75 Å². The van der Waals surface area contributed by atoms with Gasteiger partial charge in [0.1, 0.15) is 5.00 Å². The third-order valence-electron chi connectivity index (χ3n) is 3.52. The summed E-state index contributed by atoms with van der Waals surface area (Å²) in [5, 5.41) is 17.9. The number of benzene rings is 1. The molecule has 0 amide bonds. The number of aryl methyl sites for hydroxylation is 1. The van der Waals surface area contributed by atoms with Gasteiger partial charge < -0.3 is 5.11 Å². The Kier molecular flexibility index (Phi) is 5.63. The minimum Gasteiger partial charge on any atom is -0.481 e. The Morgan fingerprint density at radius 2 is 1.96 bits per heavy atom. The van der Waals surface area contributed by atoms with E-state index in [1.807, 2.05) is 13.0 Å². The summed E-state index contributed by atoms with van der Waals surface area (Å²) in [6.45, 7) is 1.86. The number of aliphatic carboxylic acids is 1. The van der Waals surface area contributed by atoms with Crippen LogP contribution in [0.5, 0.6) is 0 Å². The number of carboxylic acid groups (broad SMARTS) is 1. The number of hydrogen-bond acceptors (Lipinski definition) is 5. The topological polar surface area (TPSA) is 68.0 Å². The normalized spacial score (nSPS) is 11.7. The van der Waals surface area contributed by atoms with Crippen molar-refractivity contribution < 1.29 is 23.1 Å². The van der Waals surface area contributed by atoms with Gasteiger partial charge in [-0.25, -0.2) is 0 Å². The summed E-state index contributed by atoms with van der Waals surface area (Å²) in [5.41, 5.74) is 0.847. The van der Waals surface area contributed by atoms with Crippen molar-refractivity contribution in [2.24, 2.45) is 0 Å². The summed E-state index contributed by atoms with van der Waals surface area (Å²) in [5.74, 6) is -1.14. The highest BCUT2D eigenvalue weighted by Crippen LogP contribution is 2.38. The summed E-state index contributed by atoms with van der Waals surface area (Å²) in [4.78, 5) is 11.6. The quantitative estimate of drug-likeness (QED) is 0.507. The maximum atomic E-state index is 12.7. The molecule has 2 aromatic heterocycles.